The predicted octanol–water partition coefficient (Wildman–Crippen LogP) is 18.2. The van der Waals surface area contributed by atoms with Crippen LogP contribution in [0, 0.1) is 0 Å². The molecule has 1 heterocycles. The normalized spacial score (nSPS) is 15.4. The second-order valence-electron chi connectivity index (χ2n) is 19.2. The number of anilines is 3. The van der Waals surface area contributed by atoms with E-state index in [9.17, 15) is 0 Å². The molecule has 0 spiro atoms. The van der Waals surface area contributed by atoms with Crippen LogP contribution < -0.4 is 4.90 Å². The zero-order chi connectivity index (χ0) is 45.1. The first-order chi connectivity index (χ1) is 33.4. The molecule has 2 heteroatoms. The van der Waals surface area contributed by atoms with Crippen LogP contribution in [0.15, 0.2) is 237 Å². The third kappa shape index (κ3) is 5.62. The van der Waals surface area contributed by atoms with Crippen molar-refractivity contribution in [2.75, 3.05) is 4.90 Å². The number of benzene rings is 11. The Hall–Kier alpha value is -8.04. The smallest absolute Gasteiger partial charge is 0.0714 e. The molecular weight excluding hydrogens is 839 g/mol. The summed E-state index contributed by atoms with van der Waals surface area (Å²) in [4.78, 5) is 2.44. The molecule has 0 amide bonds. The van der Waals surface area contributed by atoms with Gasteiger partial charge in [0.25, 0.3) is 0 Å². The Morgan fingerprint density at radius 1 is 0.338 bits per heavy atom. The highest BCUT2D eigenvalue weighted by molar-refractivity contribution is 7.25. The Kier molecular flexibility index (Phi) is 8.48. The maximum absolute atomic E-state index is 2.51. The van der Waals surface area contributed by atoms with Crippen LogP contribution in [0.4, 0.5) is 17.1 Å². The molecule has 11 aromatic carbocycles. The topological polar surface area (TPSA) is 3.24 Å². The predicted molar refractivity (Wildman–Crippen MR) is 289 cm³/mol. The number of nitrogens with zero attached hydrogens (tertiary/aromatic N) is 1. The van der Waals surface area contributed by atoms with E-state index in [2.05, 4.69) is 255 Å². The Labute approximate surface area is 400 Å². The van der Waals surface area contributed by atoms with Gasteiger partial charge in [-0.1, -0.05) is 190 Å². The molecule has 2 aliphatic carbocycles. The largest absolute Gasteiger partial charge is 0.310 e. The minimum Gasteiger partial charge on any atom is -0.310 e. The fourth-order valence-electron chi connectivity index (χ4n) is 12.1. The SMILES string of the molecule is CC1(C)c2ccccc2-c2ccc(N(c3ccc(-c4cc5c6c(ccc7cccc(c76)C5(c5ccccc5)c5ccc6c(c5)sc5ccccc56)c4)cc3)c3cccc(-c4ccccc4)c3)cc21. The van der Waals surface area contributed by atoms with Crippen molar-refractivity contribution in [2.45, 2.75) is 24.7 Å². The van der Waals surface area contributed by atoms with Crippen LogP contribution in [0.5, 0.6) is 0 Å². The Balaban J connectivity index is 0.945. The quantitative estimate of drug-likeness (QED) is 0.144. The molecule has 1 atom stereocenters. The molecule has 0 saturated carbocycles. The number of rotatable bonds is 7. The first-order valence-electron chi connectivity index (χ1n) is 23.7. The van der Waals surface area contributed by atoms with Gasteiger partial charge >= 0.3 is 0 Å². The van der Waals surface area contributed by atoms with Crippen molar-refractivity contribution in [1.29, 1.82) is 0 Å². The molecule has 12 aromatic rings. The molecule has 14 rings (SSSR count). The molecule has 0 radical (unpaired) electrons. The van der Waals surface area contributed by atoms with E-state index >= 15 is 0 Å². The van der Waals surface area contributed by atoms with E-state index in [0.717, 1.165) is 17.1 Å². The highest BCUT2D eigenvalue weighted by atomic mass is 32.1. The third-order valence-corrected chi connectivity index (χ3v) is 16.4. The maximum atomic E-state index is 2.51. The van der Waals surface area contributed by atoms with Gasteiger partial charge in [-0.05, 0) is 149 Å². The molecule has 2 aliphatic rings. The molecule has 1 aromatic heterocycles. The molecule has 1 unspecified atom stereocenters. The van der Waals surface area contributed by atoms with Gasteiger partial charge in [0.15, 0.2) is 0 Å². The summed E-state index contributed by atoms with van der Waals surface area (Å²) < 4.78 is 2.64. The minimum absolute atomic E-state index is 0.120. The molecule has 0 fully saturated rings. The zero-order valence-corrected chi connectivity index (χ0v) is 38.7. The molecule has 320 valence electrons. The van der Waals surface area contributed by atoms with Gasteiger partial charge in [0.05, 0.1) is 5.41 Å². The van der Waals surface area contributed by atoms with E-state index in [1.807, 2.05) is 11.3 Å². The summed E-state index contributed by atoms with van der Waals surface area (Å²) in [6.07, 6.45) is 0. The summed E-state index contributed by atoms with van der Waals surface area (Å²) in [6, 6.07) is 88.9. The van der Waals surface area contributed by atoms with Crippen molar-refractivity contribution >= 4 is 70.1 Å². The highest BCUT2D eigenvalue weighted by Gasteiger charge is 2.45. The Bertz CT molecular complexity index is 3990. The van der Waals surface area contributed by atoms with Crippen LogP contribution in [-0.2, 0) is 10.8 Å². The fraction of sp³-hybridized carbons (Fsp3) is 0.0606. The van der Waals surface area contributed by atoms with Gasteiger partial charge in [-0.2, -0.15) is 0 Å². The van der Waals surface area contributed by atoms with Crippen LogP contribution in [0.25, 0.3) is 75.1 Å². The second kappa shape index (κ2) is 14.7. The maximum Gasteiger partial charge on any atom is 0.0714 e. The number of fused-ring (bicyclic) bond motifs is 6. The van der Waals surface area contributed by atoms with Gasteiger partial charge < -0.3 is 4.90 Å². The van der Waals surface area contributed by atoms with Crippen LogP contribution in [0.1, 0.15) is 47.2 Å². The van der Waals surface area contributed by atoms with E-state index in [-0.39, 0.29) is 5.41 Å². The number of thiophene rings is 1. The Morgan fingerprint density at radius 3 is 1.85 bits per heavy atom. The van der Waals surface area contributed by atoms with Crippen molar-refractivity contribution in [2.24, 2.45) is 0 Å². The van der Waals surface area contributed by atoms with Crippen molar-refractivity contribution in [3.8, 4) is 33.4 Å². The van der Waals surface area contributed by atoms with Crippen molar-refractivity contribution in [3.05, 3.63) is 270 Å². The standard InChI is InChI=1S/C66H45NS/c1-65(2)57-24-11-9-22-53(57)54-36-34-52(41-59(54)65)67(51-21-13-18-45(38-51)42-15-5-3-6-16-42)50-32-29-43(30-33-50)47-37-46-28-27-44-17-14-25-58-63(44)64(46)60(39-47)66(58,48-19-7-4-8-20-48)49-31-35-56-55-23-10-12-26-61(55)68-62(56)40-49/h3-41H,1-2H3. The summed E-state index contributed by atoms with van der Waals surface area (Å²) >= 11 is 1.90. The fourth-order valence-corrected chi connectivity index (χ4v) is 13.3. The molecular formula is C66H45NS. The summed E-state index contributed by atoms with van der Waals surface area (Å²) in [7, 11) is 0. The lowest BCUT2D eigenvalue weighted by Gasteiger charge is -2.34. The van der Waals surface area contributed by atoms with Gasteiger partial charge in [0, 0.05) is 42.6 Å². The van der Waals surface area contributed by atoms with Gasteiger partial charge in [-0.15, -0.1) is 11.3 Å². The summed E-state index contributed by atoms with van der Waals surface area (Å²) in [6.45, 7) is 4.73. The van der Waals surface area contributed by atoms with E-state index in [1.165, 1.54) is 108 Å². The minimum atomic E-state index is -0.523. The lowest BCUT2D eigenvalue weighted by atomic mass is 9.67. The zero-order valence-electron chi connectivity index (χ0n) is 37.9. The van der Waals surface area contributed by atoms with Crippen molar-refractivity contribution in [1.82, 2.24) is 0 Å². The van der Waals surface area contributed by atoms with Gasteiger partial charge in [0.1, 0.15) is 0 Å². The molecule has 1 nitrogen and oxygen atoms in total. The van der Waals surface area contributed by atoms with Gasteiger partial charge in [-0.25, -0.2) is 0 Å². The lowest BCUT2D eigenvalue weighted by Crippen LogP contribution is -2.28. The van der Waals surface area contributed by atoms with Crippen molar-refractivity contribution < 1.29 is 0 Å². The Morgan fingerprint density at radius 2 is 0.985 bits per heavy atom. The van der Waals surface area contributed by atoms with Gasteiger partial charge in [0.2, 0.25) is 0 Å². The third-order valence-electron chi connectivity index (χ3n) is 15.3. The van der Waals surface area contributed by atoms with E-state index in [4.69, 9.17) is 0 Å². The van der Waals surface area contributed by atoms with Crippen LogP contribution >= 0.6 is 11.3 Å². The molecule has 0 aliphatic heterocycles. The highest BCUT2D eigenvalue weighted by Crippen LogP contribution is 2.58. The van der Waals surface area contributed by atoms with Crippen LogP contribution in [-0.4, -0.2) is 0 Å². The summed E-state index contributed by atoms with van der Waals surface area (Å²) in [5, 5.41) is 7.90. The van der Waals surface area contributed by atoms with E-state index < -0.39 is 5.41 Å². The molecule has 68 heavy (non-hydrogen) atoms. The summed E-state index contributed by atoms with van der Waals surface area (Å²) in [5.74, 6) is 0. The number of hydrogen-bond acceptors (Lipinski definition) is 2. The molecule has 0 N–H and O–H groups in total. The average Bonchev–Trinajstić information content (AvgIpc) is 4.00. The first-order valence-corrected chi connectivity index (χ1v) is 24.5. The van der Waals surface area contributed by atoms with Crippen molar-refractivity contribution in [3.63, 3.8) is 0 Å². The monoisotopic (exact) mass is 883 g/mol. The summed E-state index contributed by atoms with van der Waals surface area (Å²) in [5.41, 5.74) is 18.2. The van der Waals surface area contributed by atoms with E-state index in [0.29, 0.717) is 0 Å². The first kappa shape index (κ1) is 39.2. The van der Waals surface area contributed by atoms with E-state index in [1.54, 1.807) is 0 Å². The molecule has 0 bridgehead atoms. The second-order valence-corrected chi connectivity index (χ2v) is 20.3. The van der Waals surface area contributed by atoms with Crippen LogP contribution in [0.2, 0.25) is 0 Å². The van der Waals surface area contributed by atoms with Gasteiger partial charge in [-0.3, -0.25) is 0 Å². The lowest BCUT2D eigenvalue weighted by molar-refractivity contribution is 0.660. The average molecular weight is 884 g/mol. The number of hydrogen-bond donors (Lipinski definition) is 0. The molecule has 0 saturated heterocycles. The van der Waals surface area contributed by atoms with Crippen LogP contribution in [0.3, 0.4) is 0 Å².